The molecule has 0 aliphatic carbocycles. The molecule has 0 saturated heterocycles. The highest BCUT2D eigenvalue weighted by Gasteiger charge is 2.16. The highest BCUT2D eigenvalue weighted by Crippen LogP contribution is 2.30. The molecule has 0 fully saturated rings. The van der Waals surface area contributed by atoms with Gasteiger partial charge in [-0.25, -0.2) is 4.98 Å². The molecule has 0 radical (unpaired) electrons. The molecule has 1 unspecified atom stereocenters. The predicted octanol–water partition coefficient (Wildman–Crippen LogP) is 4.65. The van der Waals surface area contributed by atoms with Crippen LogP contribution in [0.5, 0.6) is 0 Å². The molecule has 3 nitrogen and oxygen atoms in total. The quantitative estimate of drug-likeness (QED) is 0.871. The second-order valence-corrected chi connectivity index (χ2v) is 6.41. The van der Waals surface area contributed by atoms with E-state index in [1.165, 1.54) is 11.3 Å². The molecule has 110 valence electrons. The minimum absolute atomic E-state index is 0. The van der Waals surface area contributed by atoms with Gasteiger partial charge < -0.3 is 5.73 Å². The van der Waals surface area contributed by atoms with Crippen molar-refractivity contribution in [2.45, 2.75) is 19.5 Å². The lowest BCUT2D eigenvalue weighted by Crippen LogP contribution is -2.21. The van der Waals surface area contributed by atoms with Gasteiger partial charge in [0.15, 0.2) is 5.13 Å². The number of anilines is 1. The Morgan fingerprint density at radius 2 is 2.10 bits per heavy atom. The summed E-state index contributed by atoms with van der Waals surface area (Å²) in [4.78, 5) is 7.39. The number of nitrogens with two attached hydrogens (primary N) is 1. The minimum Gasteiger partial charge on any atom is -0.375 e. The molecule has 0 aliphatic rings. The molecule has 1 atom stereocenters. The van der Waals surface area contributed by atoms with Gasteiger partial charge in [-0.15, -0.1) is 23.7 Å². The number of thiazole rings is 1. The molecule has 1 aromatic heterocycles. The van der Waals surface area contributed by atoms with Crippen LogP contribution in [-0.2, 0) is 6.54 Å². The fraction of sp³-hybridized carbons (Fsp3) is 0.308. The van der Waals surface area contributed by atoms with Crippen molar-refractivity contribution in [3.63, 3.8) is 0 Å². The van der Waals surface area contributed by atoms with Gasteiger partial charge in [-0.05, 0) is 31.7 Å². The lowest BCUT2D eigenvalue weighted by molar-refractivity contribution is 0.255. The molecule has 0 saturated carbocycles. The lowest BCUT2D eigenvalue weighted by Gasteiger charge is -2.25. The Kier molecular flexibility index (Phi) is 6.55. The molecular formula is C13H16Cl3N3S. The molecule has 2 N–H and O–H groups in total. The van der Waals surface area contributed by atoms with Crippen LogP contribution in [0.3, 0.4) is 0 Å². The molecule has 2 aromatic rings. The van der Waals surface area contributed by atoms with Crippen molar-refractivity contribution in [2.24, 2.45) is 0 Å². The molecule has 0 aliphatic heterocycles. The van der Waals surface area contributed by atoms with Crippen molar-refractivity contribution in [1.29, 1.82) is 0 Å². The van der Waals surface area contributed by atoms with Crippen LogP contribution in [0.4, 0.5) is 5.13 Å². The summed E-state index contributed by atoms with van der Waals surface area (Å²) in [5, 5.41) is 1.94. The van der Waals surface area contributed by atoms with Crippen LogP contribution in [0, 0.1) is 0 Å². The molecule has 0 bridgehead atoms. The first-order chi connectivity index (χ1) is 8.97. The van der Waals surface area contributed by atoms with Crippen LogP contribution in [0.2, 0.25) is 10.0 Å². The van der Waals surface area contributed by atoms with Crippen LogP contribution < -0.4 is 5.73 Å². The van der Waals surface area contributed by atoms with E-state index in [4.69, 9.17) is 28.9 Å². The van der Waals surface area contributed by atoms with E-state index in [9.17, 15) is 0 Å². The second-order valence-electron chi connectivity index (χ2n) is 4.42. The zero-order valence-electron chi connectivity index (χ0n) is 11.1. The smallest absolute Gasteiger partial charge is 0.180 e. The summed E-state index contributed by atoms with van der Waals surface area (Å²) in [5.41, 5.74) is 6.70. The first kappa shape index (κ1) is 17.5. The average Bonchev–Trinajstić information content (AvgIpc) is 2.74. The first-order valence-electron chi connectivity index (χ1n) is 5.82. The van der Waals surface area contributed by atoms with Gasteiger partial charge in [0.2, 0.25) is 0 Å². The van der Waals surface area contributed by atoms with Gasteiger partial charge in [-0.3, -0.25) is 4.90 Å². The van der Waals surface area contributed by atoms with Crippen LogP contribution in [0.15, 0.2) is 24.4 Å². The third-order valence-corrected chi connectivity index (χ3v) is 4.42. The van der Waals surface area contributed by atoms with E-state index >= 15 is 0 Å². The van der Waals surface area contributed by atoms with Crippen molar-refractivity contribution in [1.82, 2.24) is 9.88 Å². The Morgan fingerprint density at radius 3 is 2.65 bits per heavy atom. The lowest BCUT2D eigenvalue weighted by atomic mass is 10.1. The van der Waals surface area contributed by atoms with E-state index in [2.05, 4.69) is 16.8 Å². The van der Waals surface area contributed by atoms with Gasteiger partial charge in [0.05, 0.1) is 0 Å². The highest BCUT2D eigenvalue weighted by atomic mass is 35.5. The second kappa shape index (κ2) is 7.48. The van der Waals surface area contributed by atoms with Crippen molar-refractivity contribution in [3.05, 3.63) is 44.9 Å². The summed E-state index contributed by atoms with van der Waals surface area (Å²) in [7, 11) is 2.05. The van der Waals surface area contributed by atoms with E-state index in [1.807, 2.05) is 25.4 Å². The fourth-order valence-electron chi connectivity index (χ4n) is 1.86. The monoisotopic (exact) mass is 351 g/mol. The number of hydrogen-bond donors (Lipinski definition) is 1. The number of aromatic nitrogens is 1. The number of nitrogen functional groups attached to an aromatic ring is 1. The maximum absolute atomic E-state index is 6.23. The van der Waals surface area contributed by atoms with Gasteiger partial charge in [0.25, 0.3) is 0 Å². The Morgan fingerprint density at radius 1 is 1.40 bits per heavy atom. The first-order valence-corrected chi connectivity index (χ1v) is 7.40. The van der Waals surface area contributed by atoms with Crippen molar-refractivity contribution in [2.75, 3.05) is 12.8 Å². The largest absolute Gasteiger partial charge is 0.375 e. The van der Waals surface area contributed by atoms with Crippen LogP contribution in [0.25, 0.3) is 0 Å². The summed E-state index contributed by atoms with van der Waals surface area (Å²) in [6, 6.07) is 5.78. The zero-order valence-corrected chi connectivity index (χ0v) is 14.3. The molecule has 7 heteroatoms. The van der Waals surface area contributed by atoms with Gasteiger partial charge >= 0.3 is 0 Å². The van der Waals surface area contributed by atoms with E-state index in [0.717, 1.165) is 17.0 Å². The maximum atomic E-state index is 6.23. The van der Waals surface area contributed by atoms with Gasteiger partial charge in [-0.2, -0.15) is 0 Å². The Bertz CT molecular complexity index is 574. The summed E-state index contributed by atoms with van der Waals surface area (Å²) < 4.78 is 0. The standard InChI is InChI=1S/C13H15Cl2N3S.ClH/c1-8(11-4-3-9(14)5-12(11)15)18(2)7-10-6-17-13(16)19-10;/h3-6,8H,7H2,1-2H3,(H2,16,17);1H. The number of benzene rings is 1. The topological polar surface area (TPSA) is 42.2 Å². The summed E-state index contributed by atoms with van der Waals surface area (Å²) in [6.45, 7) is 2.90. The average molecular weight is 353 g/mol. The summed E-state index contributed by atoms with van der Waals surface area (Å²) in [6.07, 6.45) is 1.81. The van der Waals surface area contributed by atoms with Crippen molar-refractivity contribution in [3.8, 4) is 0 Å². The minimum atomic E-state index is 0. The Balaban J connectivity index is 0.00000200. The summed E-state index contributed by atoms with van der Waals surface area (Å²) in [5.74, 6) is 0. The third kappa shape index (κ3) is 4.24. The Hall–Kier alpha value is -0.520. The molecule has 0 spiro atoms. The van der Waals surface area contributed by atoms with Gasteiger partial charge in [-0.1, -0.05) is 29.3 Å². The fourth-order valence-corrected chi connectivity index (χ4v) is 3.17. The third-order valence-electron chi connectivity index (χ3n) is 3.05. The van der Waals surface area contributed by atoms with Gasteiger partial charge in [0.1, 0.15) is 0 Å². The predicted molar refractivity (Wildman–Crippen MR) is 90.1 cm³/mol. The highest BCUT2D eigenvalue weighted by molar-refractivity contribution is 7.15. The number of rotatable bonds is 4. The molecule has 20 heavy (non-hydrogen) atoms. The van der Waals surface area contributed by atoms with Crippen LogP contribution in [-0.4, -0.2) is 16.9 Å². The van der Waals surface area contributed by atoms with E-state index in [0.29, 0.717) is 15.2 Å². The van der Waals surface area contributed by atoms with E-state index in [1.54, 1.807) is 6.07 Å². The maximum Gasteiger partial charge on any atom is 0.180 e. The molecule has 1 aromatic carbocycles. The molecule has 0 amide bonds. The van der Waals surface area contributed by atoms with E-state index < -0.39 is 0 Å². The van der Waals surface area contributed by atoms with Crippen molar-refractivity contribution < 1.29 is 0 Å². The number of nitrogens with zero attached hydrogens (tertiary/aromatic N) is 2. The SMILES string of the molecule is CC(c1ccc(Cl)cc1Cl)N(C)Cc1cnc(N)s1.Cl. The number of hydrogen-bond acceptors (Lipinski definition) is 4. The molecular weight excluding hydrogens is 337 g/mol. The zero-order chi connectivity index (χ0) is 14.0. The van der Waals surface area contributed by atoms with E-state index in [-0.39, 0.29) is 18.4 Å². The summed E-state index contributed by atoms with van der Waals surface area (Å²) >= 11 is 13.7. The molecule has 1 heterocycles. The Labute approximate surface area is 139 Å². The van der Waals surface area contributed by atoms with Crippen LogP contribution in [0.1, 0.15) is 23.4 Å². The van der Waals surface area contributed by atoms with Gasteiger partial charge in [0, 0.05) is 33.7 Å². The van der Waals surface area contributed by atoms with Crippen molar-refractivity contribution >= 4 is 52.1 Å². The normalized spacial score (nSPS) is 12.2. The number of halogens is 3. The molecule has 2 rings (SSSR count). The van der Waals surface area contributed by atoms with Crippen LogP contribution >= 0.6 is 46.9 Å².